The second kappa shape index (κ2) is 8.48. The maximum Gasteiger partial charge on any atom is 0.242 e. The number of nitrogens with one attached hydrogen (secondary N) is 1. The zero-order valence-corrected chi connectivity index (χ0v) is 15.9. The van der Waals surface area contributed by atoms with Crippen LogP contribution in [0, 0.1) is 0 Å². The lowest BCUT2D eigenvalue weighted by atomic mass is 9.82. The Morgan fingerprint density at radius 1 is 0.926 bits per heavy atom. The molecule has 5 nitrogen and oxygen atoms in total. The van der Waals surface area contributed by atoms with Crippen molar-refractivity contribution in [1.29, 1.82) is 0 Å². The predicted octanol–water partition coefficient (Wildman–Crippen LogP) is 3.50. The number of rotatable bonds is 7. The normalized spacial score (nSPS) is 13.1. The van der Waals surface area contributed by atoms with Crippen LogP contribution in [-0.2, 0) is 23.3 Å². The van der Waals surface area contributed by atoms with Gasteiger partial charge in [0, 0.05) is 53.4 Å². The first-order valence-corrected chi connectivity index (χ1v) is 9.06. The number of halogens is 2. The number of benzene rings is 1. The van der Waals surface area contributed by atoms with E-state index in [1.807, 2.05) is 24.3 Å². The number of aromatic nitrogens is 2. The minimum atomic E-state index is -1.29. The summed E-state index contributed by atoms with van der Waals surface area (Å²) < 4.78 is 0. The van der Waals surface area contributed by atoms with Gasteiger partial charge in [-0.05, 0) is 47.5 Å². The van der Waals surface area contributed by atoms with E-state index in [4.69, 9.17) is 28.9 Å². The summed E-state index contributed by atoms with van der Waals surface area (Å²) in [5.41, 5.74) is 6.91. The molecule has 3 N–H and O–H groups in total. The monoisotopic (exact) mass is 400 g/mol. The van der Waals surface area contributed by atoms with Gasteiger partial charge in [-0.15, -0.1) is 0 Å². The molecular formula is C20H18Cl2N4O. The molecule has 1 amide bonds. The van der Waals surface area contributed by atoms with Crippen molar-refractivity contribution >= 4 is 29.1 Å². The van der Waals surface area contributed by atoms with Gasteiger partial charge in [-0.1, -0.05) is 29.3 Å². The van der Waals surface area contributed by atoms with E-state index in [-0.39, 0.29) is 6.42 Å². The summed E-state index contributed by atoms with van der Waals surface area (Å²) in [6, 6.07) is 12.5. The number of hydrogen-bond acceptors (Lipinski definition) is 4. The summed E-state index contributed by atoms with van der Waals surface area (Å²) in [5, 5.41) is 4.05. The highest BCUT2D eigenvalue weighted by molar-refractivity contribution is 6.36. The van der Waals surface area contributed by atoms with Crippen LogP contribution >= 0.6 is 23.2 Å². The van der Waals surface area contributed by atoms with Crippen LogP contribution < -0.4 is 11.1 Å². The number of primary amides is 1. The average Bonchev–Trinajstić information content (AvgIpc) is 2.67. The van der Waals surface area contributed by atoms with Crippen LogP contribution in [0.25, 0.3) is 0 Å². The molecule has 0 saturated heterocycles. The van der Waals surface area contributed by atoms with Crippen molar-refractivity contribution in [3.8, 4) is 0 Å². The number of amides is 1. The molecule has 138 valence electrons. The number of hydrogen-bond donors (Lipinski definition) is 2. The second-order valence-electron chi connectivity index (χ2n) is 6.11. The third-order valence-corrected chi connectivity index (χ3v) is 5.00. The van der Waals surface area contributed by atoms with Gasteiger partial charge in [-0.3, -0.25) is 20.1 Å². The van der Waals surface area contributed by atoms with E-state index in [9.17, 15) is 4.79 Å². The standard InChI is InChI=1S/C20H18Cl2N4O/c21-16-2-1-3-17(22)18(16)20(19(23)27,12-14-4-8-24-9-5-14)26-13-15-6-10-25-11-7-15/h1-11,26H,12-13H2,(H2,23,27). The molecule has 1 aromatic carbocycles. The molecule has 7 heteroatoms. The van der Waals surface area contributed by atoms with E-state index in [0.29, 0.717) is 22.2 Å². The first-order valence-electron chi connectivity index (χ1n) is 8.30. The molecule has 1 atom stereocenters. The molecule has 0 aliphatic carbocycles. The van der Waals surface area contributed by atoms with Gasteiger partial charge in [-0.25, -0.2) is 0 Å². The molecule has 2 heterocycles. The summed E-state index contributed by atoms with van der Waals surface area (Å²) in [4.78, 5) is 20.8. The van der Waals surface area contributed by atoms with Gasteiger partial charge < -0.3 is 5.73 Å². The van der Waals surface area contributed by atoms with Gasteiger partial charge in [0.15, 0.2) is 0 Å². The highest BCUT2D eigenvalue weighted by Crippen LogP contribution is 2.37. The smallest absolute Gasteiger partial charge is 0.242 e. The minimum absolute atomic E-state index is 0.277. The molecule has 2 aromatic heterocycles. The zero-order chi connectivity index (χ0) is 19.3. The Morgan fingerprint density at radius 2 is 1.44 bits per heavy atom. The van der Waals surface area contributed by atoms with Crippen LogP contribution in [0.15, 0.2) is 67.3 Å². The van der Waals surface area contributed by atoms with E-state index < -0.39 is 11.4 Å². The molecule has 1 unspecified atom stereocenters. The van der Waals surface area contributed by atoms with Crippen LogP contribution in [0.2, 0.25) is 10.0 Å². The molecule has 3 rings (SSSR count). The van der Waals surface area contributed by atoms with Crippen molar-refractivity contribution in [2.45, 2.75) is 18.5 Å². The second-order valence-corrected chi connectivity index (χ2v) is 6.92. The van der Waals surface area contributed by atoms with Crippen molar-refractivity contribution in [3.63, 3.8) is 0 Å². The maximum atomic E-state index is 12.8. The van der Waals surface area contributed by atoms with Gasteiger partial charge in [0.05, 0.1) is 0 Å². The van der Waals surface area contributed by atoms with Crippen molar-refractivity contribution < 1.29 is 4.79 Å². The quantitative estimate of drug-likeness (QED) is 0.635. The highest BCUT2D eigenvalue weighted by atomic mass is 35.5. The molecule has 0 bridgehead atoms. The SMILES string of the molecule is NC(=O)C(Cc1ccncc1)(NCc1ccncc1)c1c(Cl)cccc1Cl. The predicted molar refractivity (Wildman–Crippen MR) is 106 cm³/mol. The molecule has 3 aromatic rings. The molecule has 0 radical (unpaired) electrons. The van der Waals surface area contributed by atoms with Crippen LogP contribution in [0.5, 0.6) is 0 Å². The Morgan fingerprint density at radius 3 is 1.96 bits per heavy atom. The Kier molecular flexibility index (Phi) is 6.06. The Bertz CT molecular complexity index is 902. The van der Waals surface area contributed by atoms with Crippen LogP contribution in [0.3, 0.4) is 0 Å². The van der Waals surface area contributed by atoms with Gasteiger partial charge in [0.1, 0.15) is 5.54 Å². The lowest BCUT2D eigenvalue weighted by Crippen LogP contribution is -2.54. The summed E-state index contributed by atoms with van der Waals surface area (Å²) in [6.07, 6.45) is 6.98. The maximum absolute atomic E-state index is 12.8. The summed E-state index contributed by atoms with van der Waals surface area (Å²) in [5.74, 6) is -0.566. The third kappa shape index (κ3) is 4.27. The molecule has 0 saturated carbocycles. The lowest BCUT2D eigenvalue weighted by Gasteiger charge is -2.34. The number of nitrogens with two attached hydrogens (primary N) is 1. The molecule has 0 aliphatic heterocycles. The molecule has 0 fully saturated rings. The summed E-state index contributed by atoms with van der Waals surface area (Å²) in [6.45, 7) is 0.387. The lowest BCUT2D eigenvalue weighted by molar-refractivity contribution is -0.125. The van der Waals surface area contributed by atoms with Gasteiger partial charge in [0.2, 0.25) is 5.91 Å². The highest BCUT2D eigenvalue weighted by Gasteiger charge is 2.41. The minimum Gasteiger partial charge on any atom is -0.368 e. The van der Waals surface area contributed by atoms with Crippen molar-refractivity contribution in [2.24, 2.45) is 5.73 Å². The van der Waals surface area contributed by atoms with Gasteiger partial charge in [0.25, 0.3) is 0 Å². The van der Waals surface area contributed by atoms with E-state index >= 15 is 0 Å². The molecule has 0 aliphatic rings. The van der Waals surface area contributed by atoms with Crippen LogP contribution in [0.4, 0.5) is 0 Å². The van der Waals surface area contributed by atoms with Crippen molar-refractivity contribution in [3.05, 3.63) is 94.0 Å². The van der Waals surface area contributed by atoms with Crippen LogP contribution in [0.1, 0.15) is 16.7 Å². The first kappa shape index (κ1) is 19.3. The van der Waals surface area contributed by atoms with E-state index in [1.54, 1.807) is 43.0 Å². The first-order chi connectivity index (χ1) is 13.0. The fourth-order valence-electron chi connectivity index (χ4n) is 3.00. The Balaban J connectivity index is 2.09. The van der Waals surface area contributed by atoms with Crippen molar-refractivity contribution in [1.82, 2.24) is 15.3 Å². The van der Waals surface area contributed by atoms with E-state index in [2.05, 4.69) is 15.3 Å². The fourth-order valence-corrected chi connectivity index (χ4v) is 3.72. The summed E-state index contributed by atoms with van der Waals surface area (Å²) >= 11 is 12.9. The molecular weight excluding hydrogens is 383 g/mol. The summed E-state index contributed by atoms with van der Waals surface area (Å²) in [7, 11) is 0. The molecule has 27 heavy (non-hydrogen) atoms. The Hall–Kier alpha value is -2.47. The van der Waals surface area contributed by atoms with E-state index in [1.165, 1.54) is 0 Å². The number of carbonyl (C=O) groups is 1. The van der Waals surface area contributed by atoms with Gasteiger partial charge >= 0.3 is 0 Å². The fraction of sp³-hybridized carbons (Fsp3) is 0.150. The Labute approximate surface area is 167 Å². The number of pyridine rings is 2. The van der Waals surface area contributed by atoms with Gasteiger partial charge in [-0.2, -0.15) is 0 Å². The zero-order valence-electron chi connectivity index (χ0n) is 14.4. The van der Waals surface area contributed by atoms with Crippen LogP contribution in [-0.4, -0.2) is 15.9 Å². The number of carbonyl (C=O) groups excluding carboxylic acids is 1. The third-order valence-electron chi connectivity index (χ3n) is 4.37. The van der Waals surface area contributed by atoms with E-state index in [0.717, 1.165) is 11.1 Å². The topological polar surface area (TPSA) is 80.9 Å². The average molecular weight is 401 g/mol. The number of nitrogens with zero attached hydrogens (tertiary/aromatic N) is 2. The van der Waals surface area contributed by atoms with Crippen molar-refractivity contribution in [2.75, 3.05) is 0 Å². The molecule has 0 spiro atoms. The largest absolute Gasteiger partial charge is 0.368 e.